The second kappa shape index (κ2) is 6.72. The first-order valence-electron chi connectivity index (χ1n) is 8.19. The third kappa shape index (κ3) is 3.46. The maximum absolute atomic E-state index is 13.6. The largest absolute Gasteiger partial charge is 0.438 e. The Morgan fingerprint density at radius 2 is 1.96 bits per heavy atom. The second-order valence-corrected chi connectivity index (χ2v) is 7.46. The van der Waals surface area contributed by atoms with Crippen molar-refractivity contribution in [3.8, 4) is 0 Å². The third-order valence-corrected chi connectivity index (χ3v) is 5.29. The second-order valence-electron chi connectivity index (χ2n) is 6.54. The molecule has 1 N–H and O–H groups in total. The summed E-state index contributed by atoms with van der Waals surface area (Å²) in [5, 5.41) is 14.5. The van der Waals surface area contributed by atoms with E-state index in [1.54, 1.807) is 12.1 Å². The van der Waals surface area contributed by atoms with Crippen LogP contribution in [0.4, 0.5) is 13.2 Å². The summed E-state index contributed by atoms with van der Waals surface area (Å²) >= 11 is 3.19. The van der Waals surface area contributed by atoms with Crippen LogP contribution in [0, 0.1) is 5.92 Å². The molecule has 0 bridgehead atoms. The number of aliphatic hydroxyl groups is 1. The molecular weight excluding hydrogens is 401 g/mol. The zero-order chi connectivity index (χ0) is 18.2. The molecule has 4 nitrogen and oxygen atoms in total. The van der Waals surface area contributed by atoms with Crippen LogP contribution in [0.1, 0.15) is 48.9 Å². The maximum atomic E-state index is 13.6. The van der Waals surface area contributed by atoms with Crippen LogP contribution in [0.25, 0.3) is 0 Å². The highest BCUT2D eigenvalue weighted by molar-refractivity contribution is 9.10. The van der Waals surface area contributed by atoms with Gasteiger partial charge in [-0.1, -0.05) is 41.3 Å². The molecule has 1 aliphatic carbocycles. The molecule has 1 amide bonds. The van der Waals surface area contributed by atoms with Crippen LogP contribution in [-0.2, 0) is 0 Å². The fourth-order valence-electron chi connectivity index (χ4n) is 3.41. The van der Waals surface area contributed by atoms with Crippen molar-refractivity contribution in [1.29, 1.82) is 0 Å². The van der Waals surface area contributed by atoms with Crippen LogP contribution in [0.5, 0.6) is 0 Å². The molecule has 1 aromatic rings. The minimum atomic E-state index is -4.99. The Kier molecular flexibility index (Phi) is 4.94. The van der Waals surface area contributed by atoms with Crippen molar-refractivity contribution in [2.45, 2.75) is 50.4 Å². The van der Waals surface area contributed by atoms with E-state index in [0.717, 1.165) is 32.1 Å². The molecular formula is C17H18BrF3N2O2. The van der Waals surface area contributed by atoms with Gasteiger partial charge in [-0.05, 0) is 37.0 Å². The smallest absolute Gasteiger partial charge is 0.362 e. The van der Waals surface area contributed by atoms with Gasteiger partial charge in [-0.3, -0.25) is 4.79 Å². The zero-order valence-corrected chi connectivity index (χ0v) is 15.0. The Bertz CT molecular complexity index is 701. The van der Waals surface area contributed by atoms with E-state index in [9.17, 15) is 23.1 Å². The summed E-state index contributed by atoms with van der Waals surface area (Å²) in [5.41, 5.74) is -2.99. The van der Waals surface area contributed by atoms with Gasteiger partial charge < -0.3 is 5.11 Å². The van der Waals surface area contributed by atoms with Crippen LogP contribution in [-0.4, -0.2) is 33.6 Å². The number of nitrogens with zero attached hydrogens (tertiary/aromatic N) is 2. The van der Waals surface area contributed by atoms with E-state index in [0.29, 0.717) is 4.47 Å². The molecule has 136 valence electrons. The molecule has 1 aromatic carbocycles. The highest BCUT2D eigenvalue weighted by atomic mass is 79.9. The molecule has 1 atom stereocenters. The lowest BCUT2D eigenvalue weighted by Crippen LogP contribution is -2.56. The number of hydrazone groups is 1. The standard InChI is InChI=1S/C17H18BrF3N2O2/c18-13-8-4-7-12(9-13)15(24)23-16(25,17(19,20)21)10-14(22-23)11-5-2-1-3-6-11/h4,7-9,11,25H,1-3,5-6,10H2/t16-/m1/s1. The van der Waals surface area contributed by atoms with Gasteiger partial charge >= 0.3 is 6.18 Å². The quantitative estimate of drug-likeness (QED) is 0.769. The number of carbonyl (C=O) groups excluding carboxylic acids is 1. The van der Waals surface area contributed by atoms with Crippen LogP contribution in [0.2, 0.25) is 0 Å². The first-order valence-corrected chi connectivity index (χ1v) is 8.98. The predicted molar refractivity (Wildman–Crippen MR) is 89.9 cm³/mol. The van der Waals surface area contributed by atoms with Crippen molar-refractivity contribution < 1.29 is 23.1 Å². The lowest BCUT2D eigenvalue weighted by atomic mass is 9.83. The van der Waals surface area contributed by atoms with Gasteiger partial charge in [0.2, 0.25) is 0 Å². The van der Waals surface area contributed by atoms with E-state index in [1.165, 1.54) is 12.1 Å². The normalized spacial score (nSPS) is 25.2. The summed E-state index contributed by atoms with van der Waals surface area (Å²) in [6.07, 6.45) is -1.29. The summed E-state index contributed by atoms with van der Waals surface area (Å²) in [6.45, 7) is 0. The number of carbonyl (C=O) groups is 1. The van der Waals surface area contributed by atoms with Gasteiger partial charge in [-0.2, -0.15) is 23.3 Å². The molecule has 1 saturated carbocycles. The molecule has 0 radical (unpaired) electrons. The van der Waals surface area contributed by atoms with Crippen molar-refractivity contribution >= 4 is 27.5 Å². The van der Waals surface area contributed by atoms with Gasteiger partial charge in [-0.15, -0.1) is 0 Å². The van der Waals surface area contributed by atoms with Crippen molar-refractivity contribution in [2.24, 2.45) is 11.0 Å². The van der Waals surface area contributed by atoms with Gasteiger partial charge in [0.1, 0.15) is 0 Å². The van der Waals surface area contributed by atoms with Crippen LogP contribution >= 0.6 is 15.9 Å². The summed E-state index contributed by atoms with van der Waals surface area (Å²) in [4.78, 5) is 12.6. The molecule has 1 fully saturated rings. The number of benzene rings is 1. The highest BCUT2D eigenvalue weighted by Crippen LogP contribution is 2.43. The van der Waals surface area contributed by atoms with E-state index >= 15 is 0 Å². The highest BCUT2D eigenvalue weighted by Gasteiger charge is 2.63. The first kappa shape index (κ1) is 18.4. The van der Waals surface area contributed by atoms with Gasteiger partial charge in [0.25, 0.3) is 11.6 Å². The Balaban J connectivity index is 1.96. The number of amides is 1. The minimum Gasteiger partial charge on any atom is -0.362 e. The van der Waals surface area contributed by atoms with Gasteiger partial charge in [0.05, 0.1) is 0 Å². The lowest BCUT2D eigenvalue weighted by molar-refractivity contribution is -0.297. The lowest BCUT2D eigenvalue weighted by Gasteiger charge is -2.32. The molecule has 0 saturated heterocycles. The monoisotopic (exact) mass is 418 g/mol. The van der Waals surface area contributed by atoms with Gasteiger partial charge in [-0.25, -0.2) is 0 Å². The predicted octanol–water partition coefficient (Wildman–Crippen LogP) is 4.48. The van der Waals surface area contributed by atoms with Gasteiger partial charge in [0, 0.05) is 22.2 Å². The summed E-state index contributed by atoms with van der Waals surface area (Å²) in [7, 11) is 0. The van der Waals surface area contributed by atoms with E-state index < -0.39 is 24.2 Å². The minimum absolute atomic E-state index is 0.0331. The number of rotatable bonds is 2. The zero-order valence-electron chi connectivity index (χ0n) is 13.4. The molecule has 2 aliphatic rings. The fraction of sp³-hybridized carbons (Fsp3) is 0.529. The molecule has 0 unspecified atom stereocenters. The molecule has 0 aromatic heterocycles. The van der Waals surface area contributed by atoms with E-state index in [2.05, 4.69) is 21.0 Å². The van der Waals surface area contributed by atoms with Crippen LogP contribution in [0.3, 0.4) is 0 Å². The molecule has 25 heavy (non-hydrogen) atoms. The number of hydrogen-bond donors (Lipinski definition) is 1. The SMILES string of the molecule is O=C(c1cccc(Br)c1)N1N=C(C2CCCCC2)C[C@@]1(O)C(F)(F)F. The summed E-state index contributed by atoms with van der Waals surface area (Å²) < 4.78 is 41.3. The molecule has 3 rings (SSSR count). The van der Waals surface area contributed by atoms with Crippen LogP contribution in [0.15, 0.2) is 33.8 Å². The number of hydrogen-bond acceptors (Lipinski definition) is 3. The Morgan fingerprint density at radius 1 is 1.28 bits per heavy atom. The fourth-order valence-corrected chi connectivity index (χ4v) is 3.81. The van der Waals surface area contributed by atoms with Crippen LogP contribution < -0.4 is 0 Å². The average molecular weight is 419 g/mol. The van der Waals surface area contributed by atoms with Gasteiger partial charge in [0.15, 0.2) is 0 Å². The third-order valence-electron chi connectivity index (χ3n) is 4.80. The molecule has 1 aliphatic heterocycles. The first-order chi connectivity index (χ1) is 11.7. The molecule has 0 spiro atoms. The average Bonchev–Trinajstić information content (AvgIpc) is 2.94. The van der Waals surface area contributed by atoms with E-state index in [1.807, 2.05) is 0 Å². The Morgan fingerprint density at radius 3 is 2.56 bits per heavy atom. The summed E-state index contributed by atoms with van der Waals surface area (Å²) in [5.74, 6) is -1.07. The molecule has 1 heterocycles. The number of halogens is 4. The number of alkyl halides is 3. The topological polar surface area (TPSA) is 52.9 Å². The summed E-state index contributed by atoms with van der Waals surface area (Å²) in [6, 6.07) is 6.02. The van der Waals surface area contributed by atoms with E-state index in [-0.39, 0.29) is 22.2 Å². The van der Waals surface area contributed by atoms with Crippen molar-refractivity contribution in [3.63, 3.8) is 0 Å². The van der Waals surface area contributed by atoms with Crippen molar-refractivity contribution in [1.82, 2.24) is 5.01 Å². The van der Waals surface area contributed by atoms with E-state index in [4.69, 9.17) is 0 Å². The Hall–Kier alpha value is -1.41. The molecule has 8 heteroatoms. The van der Waals surface area contributed by atoms with Crippen molar-refractivity contribution in [3.05, 3.63) is 34.3 Å². The maximum Gasteiger partial charge on any atom is 0.438 e. The van der Waals surface area contributed by atoms with Crippen molar-refractivity contribution in [2.75, 3.05) is 0 Å². The Labute approximate surface area is 151 Å².